The summed E-state index contributed by atoms with van der Waals surface area (Å²) in [5.41, 5.74) is 0. The SMILES string of the molecule is CCCCCC/C=C\CCCC(=O)NC(CO)C(O)CCCCCCCCCCCCCCCCCCCCCCC. The number of carbonyl (C=O) groups is 1. The lowest BCUT2D eigenvalue weighted by Gasteiger charge is -2.22. The van der Waals surface area contributed by atoms with Gasteiger partial charge >= 0.3 is 0 Å². The van der Waals surface area contributed by atoms with Crippen LogP contribution in [0.1, 0.15) is 206 Å². The number of aliphatic hydroxyl groups is 2. The highest BCUT2D eigenvalue weighted by atomic mass is 16.3. The van der Waals surface area contributed by atoms with Gasteiger partial charge in [0.2, 0.25) is 5.91 Å². The van der Waals surface area contributed by atoms with E-state index in [4.69, 9.17) is 0 Å². The molecule has 1 amide bonds. The minimum Gasteiger partial charge on any atom is -0.394 e. The molecule has 2 unspecified atom stereocenters. The molecule has 42 heavy (non-hydrogen) atoms. The van der Waals surface area contributed by atoms with E-state index in [9.17, 15) is 15.0 Å². The van der Waals surface area contributed by atoms with Crippen molar-refractivity contribution in [1.29, 1.82) is 0 Å². The van der Waals surface area contributed by atoms with Crippen LogP contribution in [0.4, 0.5) is 0 Å². The van der Waals surface area contributed by atoms with E-state index in [-0.39, 0.29) is 12.5 Å². The van der Waals surface area contributed by atoms with Gasteiger partial charge in [-0.1, -0.05) is 180 Å². The molecule has 0 saturated heterocycles. The van der Waals surface area contributed by atoms with Crippen LogP contribution in [-0.4, -0.2) is 34.9 Å². The minimum atomic E-state index is -0.665. The summed E-state index contributed by atoms with van der Waals surface area (Å²) in [4.78, 5) is 12.2. The lowest BCUT2D eigenvalue weighted by Crippen LogP contribution is -2.45. The second kappa shape index (κ2) is 34.6. The van der Waals surface area contributed by atoms with Gasteiger partial charge in [-0.3, -0.25) is 4.79 Å². The lowest BCUT2D eigenvalue weighted by molar-refractivity contribution is -0.123. The molecule has 0 aromatic heterocycles. The van der Waals surface area contributed by atoms with E-state index >= 15 is 0 Å². The van der Waals surface area contributed by atoms with Gasteiger partial charge < -0.3 is 15.5 Å². The Kier molecular flexibility index (Phi) is 33.9. The number of unbranched alkanes of at least 4 members (excludes halogenated alkanes) is 25. The monoisotopic (exact) mass is 594 g/mol. The van der Waals surface area contributed by atoms with Crippen molar-refractivity contribution < 1.29 is 15.0 Å². The first-order chi connectivity index (χ1) is 20.7. The number of amides is 1. The zero-order valence-corrected chi connectivity index (χ0v) is 28.5. The molecule has 0 fully saturated rings. The van der Waals surface area contributed by atoms with Gasteiger partial charge in [-0.05, 0) is 32.1 Å². The molecule has 0 aromatic carbocycles. The molecule has 0 aliphatic rings. The summed E-state index contributed by atoms with van der Waals surface area (Å²) in [6, 6.07) is -0.545. The van der Waals surface area contributed by atoms with Gasteiger partial charge in [0.25, 0.3) is 0 Å². The molecule has 0 rings (SSSR count). The first kappa shape index (κ1) is 41.1. The van der Waals surface area contributed by atoms with Gasteiger partial charge in [-0.2, -0.15) is 0 Å². The Bertz CT molecular complexity index is 565. The number of carbonyl (C=O) groups excluding carboxylic acids is 1. The van der Waals surface area contributed by atoms with Gasteiger partial charge in [0.1, 0.15) is 0 Å². The third kappa shape index (κ3) is 30.6. The van der Waals surface area contributed by atoms with Crippen molar-refractivity contribution >= 4 is 5.91 Å². The van der Waals surface area contributed by atoms with Crippen LogP contribution in [0.5, 0.6) is 0 Å². The zero-order valence-electron chi connectivity index (χ0n) is 28.5. The van der Waals surface area contributed by atoms with Gasteiger partial charge in [0.05, 0.1) is 18.8 Å². The Balaban J connectivity index is 3.48. The number of rotatable bonds is 34. The summed E-state index contributed by atoms with van der Waals surface area (Å²) in [5.74, 6) is -0.0664. The fourth-order valence-electron chi connectivity index (χ4n) is 5.83. The molecular formula is C38H75NO3. The summed E-state index contributed by atoms with van der Waals surface area (Å²) in [6.45, 7) is 4.31. The summed E-state index contributed by atoms with van der Waals surface area (Å²) in [7, 11) is 0. The molecular weight excluding hydrogens is 518 g/mol. The Morgan fingerprint density at radius 3 is 1.31 bits per heavy atom. The van der Waals surface area contributed by atoms with E-state index in [1.165, 1.54) is 148 Å². The molecule has 4 heteroatoms. The lowest BCUT2D eigenvalue weighted by atomic mass is 10.0. The van der Waals surface area contributed by atoms with E-state index in [0.29, 0.717) is 12.8 Å². The van der Waals surface area contributed by atoms with Crippen LogP contribution in [0.2, 0.25) is 0 Å². The van der Waals surface area contributed by atoms with Crippen molar-refractivity contribution in [2.75, 3.05) is 6.61 Å². The highest BCUT2D eigenvalue weighted by Gasteiger charge is 2.19. The molecule has 2 atom stereocenters. The van der Waals surface area contributed by atoms with E-state index < -0.39 is 12.1 Å². The molecule has 4 nitrogen and oxygen atoms in total. The number of hydrogen-bond donors (Lipinski definition) is 3. The Morgan fingerprint density at radius 1 is 0.548 bits per heavy atom. The molecule has 0 aromatic rings. The van der Waals surface area contributed by atoms with Crippen LogP contribution in [0, 0.1) is 0 Å². The zero-order chi connectivity index (χ0) is 30.8. The maximum Gasteiger partial charge on any atom is 0.220 e. The molecule has 0 radical (unpaired) electrons. The summed E-state index contributed by atoms with van der Waals surface area (Å²) < 4.78 is 0. The highest BCUT2D eigenvalue weighted by molar-refractivity contribution is 5.76. The third-order valence-electron chi connectivity index (χ3n) is 8.78. The first-order valence-electron chi connectivity index (χ1n) is 18.9. The normalized spacial score (nSPS) is 13.1. The number of allylic oxidation sites excluding steroid dienone is 2. The second-order valence-electron chi connectivity index (χ2n) is 13.0. The van der Waals surface area contributed by atoms with Crippen LogP contribution >= 0.6 is 0 Å². The summed E-state index contributed by atoms with van der Waals surface area (Å²) in [6.07, 6.45) is 41.4. The van der Waals surface area contributed by atoms with E-state index in [2.05, 4.69) is 31.3 Å². The van der Waals surface area contributed by atoms with E-state index in [1.807, 2.05) is 0 Å². The van der Waals surface area contributed by atoms with Gasteiger partial charge in [0.15, 0.2) is 0 Å². The quantitative estimate of drug-likeness (QED) is 0.0513. The average molecular weight is 594 g/mol. The third-order valence-corrected chi connectivity index (χ3v) is 8.78. The van der Waals surface area contributed by atoms with Gasteiger partial charge in [0, 0.05) is 6.42 Å². The van der Waals surface area contributed by atoms with Crippen molar-refractivity contribution in [2.45, 2.75) is 219 Å². The van der Waals surface area contributed by atoms with Crippen LogP contribution in [0.15, 0.2) is 12.2 Å². The van der Waals surface area contributed by atoms with Crippen molar-refractivity contribution in [2.24, 2.45) is 0 Å². The Hall–Kier alpha value is -0.870. The maximum atomic E-state index is 12.2. The highest BCUT2D eigenvalue weighted by Crippen LogP contribution is 2.16. The largest absolute Gasteiger partial charge is 0.394 e. The Labute approximate surface area is 263 Å². The summed E-state index contributed by atoms with van der Waals surface area (Å²) >= 11 is 0. The van der Waals surface area contributed by atoms with Crippen LogP contribution < -0.4 is 5.32 Å². The standard InChI is InChI=1S/C38H75NO3/c1-3-5-7-9-11-13-14-15-16-17-18-19-20-21-22-23-24-26-27-29-31-33-37(41)36(35-40)39-38(42)34-32-30-28-25-12-10-8-6-4-2/h25,28,36-37,40-41H,3-24,26-27,29-35H2,1-2H3,(H,39,42)/b28-25-. The van der Waals surface area contributed by atoms with E-state index in [1.54, 1.807) is 0 Å². The van der Waals surface area contributed by atoms with Crippen LogP contribution in [0.3, 0.4) is 0 Å². The smallest absolute Gasteiger partial charge is 0.220 e. The van der Waals surface area contributed by atoms with Crippen LogP contribution in [0.25, 0.3) is 0 Å². The number of hydrogen-bond acceptors (Lipinski definition) is 3. The van der Waals surface area contributed by atoms with Crippen molar-refractivity contribution in [3.63, 3.8) is 0 Å². The fraction of sp³-hybridized carbons (Fsp3) is 0.921. The predicted molar refractivity (Wildman–Crippen MR) is 184 cm³/mol. The van der Waals surface area contributed by atoms with Crippen LogP contribution in [-0.2, 0) is 4.79 Å². The molecule has 250 valence electrons. The van der Waals surface area contributed by atoms with Gasteiger partial charge in [-0.15, -0.1) is 0 Å². The molecule has 0 heterocycles. The first-order valence-corrected chi connectivity index (χ1v) is 18.9. The second-order valence-corrected chi connectivity index (χ2v) is 13.0. The predicted octanol–water partition coefficient (Wildman–Crippen LogP) is 11.1. The van der Waals surface area contributed by atoms with Crippen molar-refractivity contribution in [3.8, 4) is 0 Å². The molecule has 3 N–H and O–H groups in total. The topological polar surface area (TPSA) is 69.6 Å². The molecule has 0 saturated carbocycles. The number of aliphatic hydroxyl groups excluding tert-OH is 2. The Morgan fingerprint density at radius 2 is 0.905 bits per heavy atom. The molecule has 0 aliphatic carbocycles. The molecule has 0 aliphatic heterocycles. The van der Waals surface area contributed by atoms with Gasteiger partial charge in [-0.25, -0.2) is 0 Å². The maximum absolute atomic E-state index is 12.2. The average Bonchev–Trinajstić information content (AvgIpc) is 2.99. The minimum absolute atomic E-state index is 0.0664. The van der Waals surface area contributed by atoms with Crippen molar-refractivity contribution in [1.82, 2.24) is 5.32 Å². The fourth-order valence-corrected chi connectivity index (χ4v) is 5.83. The van der Waals surface area contributed by atoms with E-state index in [0.717, 1.165) is 32.1 Å². The van der Waals surface area contributed by atoms with Crippen molar-refractivity contribution in [3.05, 3.63) is 12.2 Å². The number of nitrogens with one attached hydrogen (secondary N) is 1. The molecule has 0 bridgehead atoms. The summed E-state index contributed by atoms with van der Waals surface area (Å²) in [5, 5.41) is 23.0. The molecule has 0 spiro atoms.